The molecule has 0 saturated heterocycles. The van der Waals surface area contributed by atoms with Gasteiger partial charge >= 0.3 is 136 Å². The van der Waals surface area contributed by atoms with Crippen LogP contribution in [-0.2, 0) is 163 Å². The summed E-state index contributed by atoms with van der Waals surface area (Å²) in [5, 5.41) is 12.5. The van der Waals surface area contributed by atoms with Crippen LogP contribution in [0.1, 0.15) is 0 Å². The van der Waals surface area contributed by atoms with Crippen molar-refractivity contribution in [3.8, 4) is 0 Å². The van der Waals surface area contributed by atoms with Gasteiger partial charge in [-0.15, -0.1) is 0 Å². The van der Waals surface area contributed by atoms with E-state index in [4.69, 9.17) is 55.8 Å². The van der Waals surface area contributed by atoms with E-state index < -0.39 is 72.2 Å². The Morgan fingerprint density at radius 3 is 0.347 bits per heavy atom. The zero-order chi connectivity index (χ0) is 89.1. The molecule has 0 atom stereocenters. The van der Waals surface area contributed by atoms with Crippen LogP contribution in [0.25, 0.3) is 0 Å². The summed E-state index contributed by atoms with van der Waals surface area (Å²) in [6.07, 6.45) is 0. The van der Waals surface area contributed by atoms with Gasteiger partial charge in [0.1, 0.15) is 0 Å². The minimum Gasteiger partial charge on any atom is 0 e. The van der Waals surface area contributed by atoms with Crippen molar-refractivity contribution in [2.24, 2.45) is 0 Å². The first kappa shape index (κ1) is 131. The first-order valence-corrected chi connectivity index (χ1v) is 41.7. The molecule has 0 aliphatic heterocycles. The van der Waals surface area contributed by atoms with E-state index >= 15 is 0 Å². The van der Waals surface area contributed by atoms with Gasteiger partial charge in [-0.1, -0.05) is 291 Å². The first-order chi connectivity index (χ1) is 56.2. The molecular formula is C84H60Co4O24P4S4Sn. The topological polar surface area (TPSA) is 456 Å². The maximum atomic E-state index is 11.4. The van der Waals surface area contributed by atoms with Crippen LogP contribution in [0.5, 0.6) is 0 Å². The Bertz CT molecular complexity index is 4620. The second-order valence-corrected chi connectivity index (χ2v) is 34.5. The van der Waals surface area contributed by atoms with Crippen molar-refractivity contribution in [2.45, 2.75) is 19.6 Å². The summed E-state index contributed by atoms with van der Waals surface area (Å²) >= 11 is 0. The Morgan fingerprint density at radius 1 is 0.165 bits per heavy atom. The van der Waals surface area contributed by atoms with Gasteiger partial charge in [0.25, 0.3) is 40.5 Å². The Balaban J connectivity index is -0.000000179. The Hall–Kier alpha value is -8.30. The van der Waals surface area contributed by atoms with Gasteiger partial charge in [0, 0.05) is 91.0 Å². The summed E-state index contributed by atoms with van der Waals surface area (Å²) < 4.78 is 219. The van der Waals surface area contributed by atoms with Crippen LogP contribution in [0.3, 0.4) is 0 Å². The number of hydrogen-bond acceptors (Lipinski definition) is 8. The van der Waals surface area contributed by atoms with Crippen LogP contribution in [0.4, 0.5) is 0 Å². The first-order valence-electron chi connectivity index (χ1n) is 30.6. The van der Waals surface area contributed by atoms with E-state index in [1.807, 2.05) is 267 Å². The SMILES string of the molecule is O=S(=O)(O)c1cccc(P(c2ccccc2)c2ccccc2)c1.O=S(=O)(O)c1cccc(P(c2ccccc2)c2ccccc2)c1.O=S(=O)(O)c1cccc(P(c2ccccc2)c2ccccc2)c1.O=S(=O)(O)c1cccc(P(c2ccccc2)c2ccccc2)c1.[C-]#[O+].[C-]#[O+].[C-]#[O+].[C-]#[O+].[C-]#[O+].[C-]#[O+].[C-]#[O+].[C-]#[O+].[C-]#[O+].[C-]#[O+].[C-]#[O+].[C-]#[O+].[Co].[Co].[Co].[Co].[Sn]. The zero-order valence-electron chi connectivity index (χ0n) is 61.5. The molecule has 0 spiro atoms. The molecule has 24 nitrogen and oxygen atoms in total. The summed E-state index contributed by atoms with van der Waals surface area (Å²) in [4.78, 5) is -0.299. The smallest absolute Gasteiger partial charge is 0 e. The van der Waals surface area contributed by atoms with Gasteiger partial charge in [-0.05, 0) is 144 Å². The number of rotatable bonds is 16. The number of hydrogen-bond donors (Lipinski definition) is 4. The molecule has 0 heterocycles. The average molecular weight is 2060 g/mol. The molecule has 0 aliphatic rings. The van der Waals surface area contributed by atoms with E-state index in [0.717, 1.165) is 63.7 Å². The van der Waals surface area contributed by atoms with Crippen molar-refractivity contribution in [1.29, 1.82) is 0 Å². The third kappa shape index (κ3) is 47.8. The zero-order valence-corrected chi connectivity index (χ0v) is 75.4. The summed E-state index contributed by atoms with van der Waals surface area (Å²) in [6, 6.07) is 106. The standard InChI is InChI=1S/4C18H15O3PS.12CO.4Co.Sn/c4*19-23(20,21)18-13-7-12-17(14-18)22(15-8-3-1-4-9-15)16-10-5-2-6-11-16;12*1-2;;;;;/h4*1-14H,(H,19,20,21);;;;;;;;;;;;;;;;;. The molecule has 0 amide bonds. The molecule has 12 rings (SSSR count). The van der Waals surface area contributed by atoms with Gasteiger partial charge in [0.2, 0.25) is 0 Å². The fourth-order valence-corrected chi connectivity index (χ4v) is 21.3. The van der Waals surface area contributed by atoms with E-state index in [2.05, 4.69) is 79.8 Å². The molecule has 0 aliphatic carbocycles. The van der Waals surface area contributed by atoms with Crippen molar-refractivity contribution in [2.75, 3.05) is 0 Å². The van der Waals surface area contributed by atoms with E-state index in [-0.39, 0.29) is 111 Å². The van der Waals surface area contributed by atoms with Gasteiger partial charge in [-0.2, -0.15) is 33.7 Å². The Kier molecular flexibility index (Phi) is 85.3. The minimum atomic E-state index is -4.21. The third-order valence-corrected chi connectivity index (χ3v) is 26.7. The predicted molar refractivity (Wildman–Crippen MR) is 433 cm³/mol. The van der Waals surface area contributed by atoms with E-state index in [1.165, 1.54) is 24.3 Å². The maximum Gasteiger partial charge on any atom is 0 e. The van der Waals surface area contributed by atoms with Crippen LogP contribution in [0.2, 0.25) is 0 Å². The third-order valence-electron chi connectivity index (χ3n) is 13.6. The van der Waals surface area contributed by atoms with E-state index in [9.17, 15) is 51.9 Å². The largest absolute Gasteiger partial charge is 0 e. The van der Waals surface area contributed by atoms with Crippen molar-refractivity contribution in [1.82, 2.24) is 0 Å². The molecule has 121 heavy (non-hydrogen) atoms. The van der Waals surface area contributed by atoms with Gasteiger partial charge in [-0.25, -0.2) is 0 Å². The summed E-state index contributed by atoms with van der Waals surface area (Å²) in [5.74, 6) is 0. The van der Waals surface area contributed by atoms with Crippen LogP contribution >= 0.6 is 31.7 Å². The molecule has 0 unspecified atom stereocenters. The Morgan fingerprint density at radius 2 is 0.256 bits per heavy atom. The normalized spacial score (nSPS) is 8.99. The fourth-order valence-electron chi connectivity index (χ4n) is 9.54. The number of benzene rings is 12. The van der Waals surface area contributed by atoms with Crippen molar-refractivity contribution >= 4 is 160 Å². The molecule has 12 aromatic carbocycles. The van der Waals surface area contributed by atoms with Crippen LogP contribution in [0, 0.1) is 79.8 Å². The molecule has 37 heteroatoms. The molecule has 8 radical (unpaired) electrons. The predicted octanol–water partition coefficient (Wildman–Crippen LogP) is 9.93. The second-order valence-electron chi connectivity index (χ2n) is 19.9. The molecule has 4 N–H and O–H groups in total. The minimum absolute atomic E-state index is 0. The molecule has 0 bridgehead atoms. The molecular weight excluding hydrogens is 2000 g/mol. The van der Waals surface area contributed by atoms with Gasteiger partial charge in [0.05, 0.1) is 19.6 Å². The fraction of sp³-hybridized carbons (Fsp3) is 0. The van der Waals surface area contributed by atoms with Crippen LogP contribution < -0.4 is 63.7 Å². The van der Waals surface area contributed by atoms with Crippen molar-refractivity contribution in [3.05, 3.63) is 420 Å². The van der Waals surface area contributed by atoms with Crippen molar-refractivity contribution < 1.29 is 175 Å². The summed E-state index contributed by atoms with van der Waals surface area (Å²) in [7, 11) is -20.4. The average Bonchev–Trinajstić information content (AvgIpc) is 0.819. The van der Waals surface area contributed by atoms with Gasteiger partial charge in [-0.3, -0.25) is 18.2 Å². The summed E-state index contributed by atoms with van der Waals surface area (Å²) in [6.45, 7) is 54.0. The Labute approximate surface area is 766 Å². The van der Waals surface area contributed by atoms with Crippen LogP contribution in [-0.4, -0.2) is 75.8 Å². The van der Waals surface area contributed by atoms with E-state index in [0.29, 0.717) is 0 Å². The molecule has 0 fully saturated rings. The van der Waals surface area contributed by atoms with E-state index in [1.54, 1.807) is 48.5 Å². The van der Waals surface area contributed by atoms with Crippen molar-refractivity contribution in [3.63, 3.8) is 0 Å². The monoisotopic (exact) mass is 2060 g/mol. The summed E-state index contributed by atoms with van der Waals surface area (Å²) in [5.41, 5.74) is 0. The van der Waals surface area contributed by atoms with Gasteiger partial charge < -0.3 is 0 Å². The van der Waals surface area contributed by atoms with Crippen LogP contribution in [0.15, 0.2) is 359 Å². The quantitative estimate of drug-likeness (QED) is 0.0231. The molecule has 0 saturated carbocycles. The molecule has 0 aromatic heterocycles. The molecule has 12 aromatic rings. The van der Waals surface area contributed by atoms with Gasteiger partial charge in [0.15, 0.2) is 0 Å². The maximum absolute atomic E-state index is 11.4. The molecule has 624 valence electrons. The second kappa shape index (κ2) is 78.9.